The molecule has 3 amide bonds. The van der Waals surface area contributed by atoms with Gasteiger partial charge in [0, 0.05) is 17.0 Å². The lowest BCUT2D eigenvalue weighted by molar-refractivity contribution is 0.0925. The summed E-state index contributed by atoms with van der Waals surface area (Å²) in [6.07, 6.45) is 0.583. The standard InChI is InChI=1S/C24H15ClN4O3S/c25-16-9-5-14(6-10-16)13-20-27-28-24(33-20)26-21(30)15-7-11-17(12-8-15)29-22(31)18-3-1-2-4-19(18)23(29)32/h1-12H,13H2,(H,26,28,30). The molecule has 1 aliphatic heterocycles. The van der Waals surface area contributed by atoms with Crippen LogP contribution in [0.15, 0.2) is 72.8 Å². The molecule has 1 aromatic heterocycles. The van der Waals surface area contributed by atoms with E-state index < -0.39 is 0 Å². The molecule has 0 saturated heterocycles. The molecule has 0 saturated carbocycles. The number of fused-ring (bicyclic) bond motifs is 1. The largest absolute Gasteiger partial charge is 0.296 e. The van der Waals surface area contributed by atoms with Crippen molar-refractivity contribution in [3.63, 3.8) is 0 Å². The number of benzene rings is 3. The Labute approximate surface area is 197 Å². The first-order chi connectivity index (χ1) is 16.0. The summed E-state index contributed by atoms with van der Waals surface area (Å²) in [5.41, 5.74) is 2.55. The lowest BCUT2D eigenvalue weighted by Crippen LogP contribution is -2.29. The van der Waals surface area contributed by atoms with E-state index in [1.165, 1.54) is 11.3 Å². The van der Waals surface area contributed by atoms with Crippen molar-refractivity contribution in [3.05, 3.63) is 105 Å². The first-order valence-electron chi connectivity index (χ1n) is 9.95. The average molecular weight is 475 g/mol. The van der Waals surface area contributed by atoms with Gasteiger partial charge in [-0.1, -0.05) is 47.2 Å². The highest BCUT2D eigenvalue weighted by Crippen LogP contribution is 2.28. The van der Waals surface area contributed by atoms with Crippen LogP contribution in [0.4, 0.5) is 10.8 Å². The van der Waals surface area contributed by atoms with Gasteiger partial charge in [-0.3, -0.25) is 19.7 Å². The van der Waals surface area contributed by atoms with Gasteiger partial charge in [0.05, 0.1) is 16.8 Å². The lowest BCUT2D eigenvalue weighted by atomic mass is 10.1. The molecule has 0 spiro atoms. The zero-order valence-electron chi connectivity index (χ0n) is 17.0. The molecule has 1 N–H and O–H groups in total. The first kappa shape index (κ1) is 21.0. The van der Waals surface area contributed by atoms with Gasteiger partial charge in [0.25, 0.3) is 17.7 Å². The number of imide groups is 1. The third-order valence-electron chi connectivity index (χ3n) is 5.14. The SMILES string of the molecule is O=C(Nc1nnc(Cc2ccc(Cl)cc2)s1)c1ccc(N2C(=O)c3ccccc3C2=O)cc1. The number of hydrogen-bond donors (Lipinski definition) is 1. The minimum atomic E-state index is -0.380. The van der Waals surface area contributed by atoms with Crippen molar-refractivity contribution in [2.24, 2.45) is 0 Å². The second-order valence-corrected chi connectivity index (χ2v) is 8.80. The summed E-state index contributed by atoms with van der Waals surface area (Å²) in [7, 11) is 0. The van der Waals surface area contributed by atoms with Crippen LogP contribution < -0.4 is 10.2 Å². The van der Waals surface area contributed by atoms with Gasteiger partial charge in [-0.15, -0.1) is 10.2 Å². The van der Waals surface area contributed by atoms with Crippen molar-refractivity contribution >= 4 is 51.5 Å². The van der Waals surface area contributed by atoms with Gasteiger partial charge in [0.15, 0.2) is 0 Å². The maximum Gasteiger partial charge on any atom is 0.266 e. The second-order valence-electron chi connectivity index (χ2n) is 7.30. The van der Waals surface area contributed by atoms with E-state index in [0.717, 1.165) is 15.5 Å². The predicted molar refractivity (Wildman–Crippen MR) is 126 cm³/mol. The van der Waals surface area contributed by atoms with Crippen LogP contribution in [-0.2, 0) is 6.42 Å². The van der Waals surface area contributed by atoms with Gasteiger partial charge in [0.2, 0.25) is 5.13 Å². The van der Waals surface area contributed by atoms with Crippen LogP contribution in [0.5, 0.6) is 0 Å². The highest BCUT2D eigenvalue weighted by molar-refractivity contribution is 7.15. The molecule has 0 bridgehead atoms. The monoisotopic (exact) mass is 474 g/mol. The quantitative estimate of drug-likeness (QED) is 0.418. The van der Waals surface area contributed by atoms with Gasteiger partial charge in [0.1, 0.15) is 5.01 Å². The van der Waals surface area contributed by atoms with Crippen molar-refractivity contribution in [1.29, 1.82) is 0 Å². The molecule has 0 fully saturated rings. The van der Waals surface area contributed by atoms with Crippen LogP contribution >= 0.6 is 22.9 Å². The molecule has 3 aromatic carbocycles. The summed E-state index contributed by atoms with van der Waals surface area (Å²) in [5, 5.41) is 12.7. The molecule has 2 heterocycles. The normalized spacial score (nSPS) is 12.7. The van der Waals surface area contributed by atoms with Crippen LogP contribution in [0.25, 0.3) is 0 Å². The van der Waals surface area contributed by atoms with Gasteiger partial charge < -0.3 is 0 Å². The van der Waals surface area contributed by atoms with E-state index in [1.807, 2.05) is 24.3 Å². The van der Waals surface area contributed by atoms with E-state index in [4.69, 9.17) is 11.6 Å². The molecule has 4 aromatic rings. The zero-order valence-corrected chi connectivity index (χ0v) is 18.6. The molecule has 0 radical (unpaired) electrons. The molecule has 0 aliphatic carbocycles. The van der Waals surface area contributed by atoms with Crippen LogP contribution in [0.2, 0.25) is 5.02 Å². The molecule has 1 aliphatic rings. The highest BCUT2D eigenvalue weighted by atomic mass is 35.5. The maximum absolute atomic E-state index is 12.6. The van der Waals surface area contributed by atoms with Crippen molar-refractivity contribution in [1.82, 2.24) is 10.2 Å². The van der Waals surface area contributed by atoms with Crippen molar-refractivity contribution in [2.75, 3.05) is 10.2 Å². The fourth-order valence-corrected chi connectivity index (χ4v) is 4.40. The Morgan fingerprint density at radius 1 is 0.879 bits per heavy atom. The Morgan fingerprint density at radius 2 is 1.52 bits per heavy atom. The lowest BCUT2D eigenvalue weighted by Gasteiger charge is -2.14. The highest BCUT2D eigenvalue weighted by Gasteiger charge is 2.36. The van der Waals surface area contributed by atoms with Crippen molar-refractivity contribution < 1.29 is 14.4 Å². The Morgan fingerprint density at radius 3 is 2.15 bits per heavy atom. The van der Waals surface area contributed by atoms with Crippen LogP contribution in [0.1, 0.15) is 41.6 Å². The van der Waals surface area contributed by atoms with Crippen molar-refractivity contribution in [3.8, 4) is 0 Å². The summed E-state index contributed by atoms with van der Waals surface area (Å²) in [5.74, 6) is -1.12. The van der Waals surface area contributed by atoms with Crippen LogP contribution in [0, 0.1) is 0 Å². The fourth-order valence-electron chi connectivity index (χ4n) is 3.51. The van der Waals surface area contributed by atoms with Gasteiger partial charge in [-0.2, -0.15) is 0 Å². The minimum absolute atomic E-state index is 0.363. The molecular formula is C24H15ClN4O3S. The average Bonchev–Trinajstić information content (AvgIpc) is 3.37. The smallest absolute Gasteiger partial charge is 0.266 e. The Hall–Kier alpha value is -3.88. The molecule has 162 valence electrons. The third kappa shape index (κ3) is 4.13. The molecule has 9 heteroatoms. The summed E-state index contributed by atoms with van der Waals surface area (Å²) < 4.78 is 0. The number of carbonyl (C=O) groups excluding carboxylic acids is 3. The Kier molecular flexibility index (Phi) is 5.45. The zero-order chi connectivity index (χ0) is 22.9. The van der Waals surface area contributed by atoms with E-state index in [0.29, 0.717) is 39.0 Å². The first-order valence-corrected chi connectivity index (χ1v) is 11.1. The van der Waals surface area contributed by atoms with E-state index in [9.17, 15) is 14.4 Å². The van der Waals surface area contributed by atoms with Crippen LogP contribution in [-0.4, -0.2) is 27.9 Å². The Bertz CT molecular complexity index is 1350. The number of anilines is 2. The number of hydrogen-bond acceptors (Lipinski definition) is 6. The van der Waals surface area contributed by atoms with E-state index in [1.54, 1.807) is 48.5 Å². The summed E-state index contributed by atoms with van der Waals surface area (Å²) >= 11 is 7.19. The van der Waals surface area contributed by atoms with Crippen molar-refractivity contribution in [2.45, 2.75) is 6.42 Å². The Balaban J connectivity index is 1.26. The molecule has 7 nitrogen and oxygen atoms in total. The number of nitrogens with zero attached hydrogens (tertiary/aromatic N) is 3. The second kappa shape index (κ2) is 8.57. The third-order valence-corrected chi connectivity index (χ3v) is 6.23. The number of carbonyl (C=O) groups is 3. The fraction of sp³-hybridized carbons (Fsp3) is 0.0417. The predicted octanol–water partition coefficient (Wildman–Crippen LogP) is 4.84. The molecule has 0 atom stereocenters. The number of rotatable bonds is 5. The minimum Gasteiger partial charge on any atom is -0.296 e. The van der Waals surface area contributed by atoms with Crippen LogP contribution in [0.3, 0.4) is 0 Å². The van der Waals surface area contributed by atoms with Gasteiger partial charge in [-0.05, 0) is 54.1 Å². The number of aromatic nitrogens is 2. The molecule has 5 rings (SSSR count). The van der Waals surface area contributed by atoms with Gasteiger partial charge in [-0.25, -0.2) is 4.90 Å². The molecular weight excluding hydrogens is 460 g/mol. The summed E-state index contributed by atoms with van der Waals surface area (Å²) in [6.45, 7) is 0. The maximum atomic E-state index is 12.6. The summed E-state index contributed by atoms with van der Waals surface area (Å²) in [4.78, 5) is 39.0. The summed E-state index contributed by atoms with van der Waals surface area (Å²) in [6, 6.07) is 20.4. The molecule has 33 heavy (non-hydrogen) atoms. The number of halogens is 1. The van der Waals surface area contributed by atoms with E-state index in [2.05, 4.69) is 15.5 Å². The van der Waals surface area contributed by atoms with Gasteiger partial charge >= 0.3 is 0 Å². The number of nitrogens with one attached hydrogen (secondary N) is 1. The topological polar surface area (TPSA) is 92.3 Å². The molecule has 0 unspecified atom stereocenters. The number of amides is 3. The van der Waals surface area contributed by atoms with E-state index >= 15 is 0 Å². The van der Waals surface area contributed by atoms with E-state index in [-0.39, 0.29) is 17.7 Å².